The predicted octanol–water partition coefficient (Wildman–Crippen LogP) is 4.48. The number of aromatic nitrogens is 1. The number of anilines is 1. The van der Waals surface area contributed by atoms with Gasteiger partial charge in [-0.25, -0.2) is 0 Å². The maximum atomic E-state index is 12.7. The highest BCUT2D eigenvalue weighted by molar-refractivity contribution is 6.03. The summed E-state index contributed by atoms with van der Waals surface area (Å²) >= 11 is 0. The minimum absolute atomic E-state index is 0.0463. The summed E-state index contributed by atoms with van der Waals surface area (Å²) in [5.74, 6) is -0.546. The quantitative estimate of drug-likeness (QED) is 0.719. The lowest BCUT2D eigenvalue weighted by Crippen LogP contribution is -2.29. The number of carbonyl (C=O) groups excluding carboxylic acids is 1. The number of carbonyl (C=O) groups is 1. The molecule has 0 aliphatic carbocycles. The zero-order valence-corrected chi connectivity index (χ0v) is 15.0. The third-order valence-corrected chi connectivity index (χ3v) is 4.21. The average molecular weight is 386 g/mol. The molecule has 0 radical (unpaired) electrons. The molecule has 1 amide bonds. The van der Waals surface area contributed by atoms with Crippen molar-refractivity contribution in [2.75, 3.05) is 5.32 Å². The van der Waals surface area contributed by atoms with E-state index >= 15 is 0 Å². The summed E-state index contributed by atoms with van der Waals surface area (Å²) in [6.07, 6.45) is -2.92. The van der Waals surface area contributed by atoms with Gasteiger partial charge in [0.2, 0.25) is 0 Å². The van der Waals surface area contributed by atoms with Crippen LogP contribution in [0.2, 0.25) is 0 Å². The van der Waals surface area contributed by atoms with Crippen molar-refractivity contribution in [2.45, 2.75) is 19.6 Å². The summed E-state index contributed by atoms with van der Waals surface area (Å²) in [4.78, 5) is 25.0. The molecule has 1 heterocycles. The van der Waals surface area contributed by atoms with Gasteiger partial charge in [-0.15, -0.1) is 0 Å². The van der Waals surface area contributed by atoms with Crippen molar-refractivity contribution in [3.05, 3.63) is 99.5 Å². The molecule has 1 N–H and O–H groups in total. The van der Waals surface area contributed by atoms with Crippen LogP contribution in [0.5, 0.6) is 0 Å². The fourth-order valence-corrected chi connectivity index (χ4v) is 2.67. The summed E-state index contributed by atoms with van der Waals surface area (Å²) < 4.78 is 39.2. The molecule has 0 aliphatic heterocycles. The molecule has 0 saturated carbocycles. The Hall–Kier alpha value is -3.35. The number of rotatable bonds is 4. The first-order chi connectivity index (χ1) is 13.2. The van der Waals surface area contributed by atoms with Gasteiger partial charge in [-0.05, 0) is 48.9 Å². The number of halogens is 3. The maximum Gasteiger partial charge on any atom is 0.416 e. The molecule has 1 aromatic heterocycles. The third kappa shape index (κ3) is 4.49. The average Bonchev–Trinajstić information content (AvgIpc) is 2.65. The van der Waals surface area contributed by atoms with E-state index < -0.39 is 23.2 Å². The van der Waals surface area contributed by atoms with Crippen molar-refractivity contribution in [3.8, 4) is 0 Å². The van der Waals surface area contributed by atoms with E-state index in [1.807, 2.05) is 19.1 Å². The fraction of sp³-hybridized carbons (Fsp3) is 0.143. The molecule has 3 rings (SSSR count). The monoisotopic (exact) mass is 386 g/mol. The number of benzene rings is 2. The zero-order chi connectivity index (χ0) is 20.3. The first kappa shape index (κ1) is 19.4. The van der Waals surface area contributed by atoms with Crippen molar-refractivity contribution in [3.63, 3.8) is 0 Å². The van der Waals surface area contributed by atoms with Gasteiger partial charge >= 0.3 is 6.18 Å². The van der Waals surface area contributed by atoms with Crippen LogP contribution in [0.3, 0.4) is 0 Å². The van der Waals surface area contributed by atoms with Gasteiger partial charge in [-0.1, -0.05) is 29.8 Å². The van der Waals surface area contributed by atoms with Crippen LogP contribution in [0.4, 0.5) is 18.9 Å². The Morgan fingerprint density at radius 2 is 1.64 bits per heavy atom. The molecule has 0 unspecified atom stereocenters. The minimum Gasteiger partial charge on any atom is -0.322 e. The lowest BCUT2D eigenvalue weighted by molar-refractivity contribution is -0.137. The maximum absolute atomic E-state index is 12.7. The normalized spacial score (nSPS) is 11.3. The largest absolute Gasteiger partial charge is 0.416 e. The molecule has 0 aliphatic rings. The molecule has 4 nitrogen and oxygen atoms in total. The zero-order valence-electron chi connectivity index (χ0n) is 15.0. The van der Waals surface area contributed by atoms with E-state index in [-0.39, 0.29) is 12.1 Å². The Kier molecular flexibility index (Phi) is 5.35. The molecule has 7 heteroatoms. The second-order valence-corrected chi connectivity index (χ2v) is 6.37. The van der Waals surface area contributed by atoms with E-state index in [0.29, 0.717) is 11.3 Å². The number of amides is 1. The van der Waals surface area contributed by atoms with Crippen LogP contribution in [-0.2, 0) is 12.7 Å². The van der Waals surface area contributed by atoms with Crippen molar-refractivity contribution in [2.24, 2.45) is 0 Å². The van der Waals surface area contributed by atoms with E-state index in [9.17, 15) is 22.8 Å². The van der Waals surface area contributed by atoms with E-state index in [2.05, 4.69) is 5.32 Å². The van der Waals surface area contributed by atoms with E-state index in [0.717, 1.165) is 17.7 Å². The Bertz CT molecular complexity index is 1040. The molecule has 0 spiro atoms. The second kappa shape index (κ2) is 7.72. The van der Waals surface area contributed by atoms with Gasteiger partial charge in [0.1, 0.15) is 5.56 Å². The lowest BCUT2D eigenvalue weighted by Gasteiger charge is -2.10. The van der Waals surface area contributed by atoms with Crippen molar-refractivity contribution in [1.82, 2.24) is 4.57 Å². The number of nitrogens with zero attached hydrogens (tertiary/aromatic N) is 1. The van der Waals surface area contributed by atoms with Crippen LogP contribution in [0.1, 0.15) is 27.0 Å². The molecule has 0 atom stereocenters. The third-order valence-electron chi connectivity index (χ3n) is 4.21. The highest BCUT2D eigenvalue weighted by Gasteiger charge is 2.29. The minimum atomic E-state index is -4.41. The molecular formula is C21H17F3N2O2. The van der Waals surface area contributed by atoms with Crippen LogP contribution in [0.25, 0.3) is 0 Å². The van der Waals surface area contributed by atoms with E-state index in [1.54, 1.807) is 18.2 Å². The van der Waals surface area contributed by atoms with Crippen LogP contribution < -0.4 is 10.9 Å². The van der Waals surface area contributed by atoms with Crippen LogP contribution in [-0.4, -0.2) is 10.5 Å². The summed E-state index contributed by atoms with van der Waals surface area (Å²) in [6.45, 7) is 1.98. The van der Waals surface area contributed by atoms with Gasteiger partial charge in [0.15, 0.2) is 0 Å². The van der Waals surface area contributed by atoms with Gasteiger partial charge in [-0.3, -0.25) is 9.59 Å². The van der Waals surface area contributed by atoms with Crippen LogP contribution in [0, 0.1) is 6.92 Å². The topological polar surface area (TPSA) is 51.1 Å². The Morgan fingerprint density at radius 1 is 1.00 bits per heavy atom. The van der Waals surface area contributed by atoms with Gasteiger partial charge < -0.3 is 9.88 Å². The second-order valence-electron chi connectivity index (χ2n) is 6.37. The fourth-order valence-electron chi connectivity index (χ4n) is 2.67. The molecule has 2 aromatic carbocycles. The van der Waals surface area contributed by atoms with Crippen molar-refractivity contribution in [1.29, 1.82) is 0 Å². The number of pyridine rings is 1. The molecule has 0 bridgehead atoms. The number of aryl methyl sites for hydroxylation is 1. The highest BCUT2D eigenvalue weighted by atomic mass is 19.4. The van der Waals surface area contributed by atoms with E-state index in [4.69, 9.17) is 0 Å². The van der Waals surface area contributed by atoms with Crippen LogP contribution in [0.15, 0.2) is 71.7 Å². The van der Waals surface area contributed by atoms with E-state index in [1.165, 1.54) is 29.0 Å². The van der Waals surface area contributed by atoms with Gasteiger partial charge in [0.05, 0.1) is 12.1 Å². The number of nitrogens with one attached hydrogen (secondary N) is 1. The Labute approximate surface area is 159 Å². The highest BCUT2D eigenvalue weighted by Crippen LogP contribution is 2.29. The SMILES string of the molecule is Cc1ccc(NC(=O)c2cccn(Cc3ccc(C(F)(F)F)cc3)c2=O)cc1. The Morgan fingerprint density at radius 3 is 2.25 bits per heavy atom. The number of hydrogen-bond donors (Lipinski definition) is 1. The standard InChI is InChI=1S/C21H17F3N2O2/c1-14-4-10-17(11-5-14)25-19(27)18-3-2-12-26(20(18)28)13-15-6-8-16(9-7-15)21(22,23)24/h2-12H,13H2,1H3,(H,25,27). The van der Waals surface area contributed by atoms with Crippen molar-refractivity contribution >= 4 is 11.6 Å². The first-order valence-corrected chi connectivity index (χ1v) is 8.47. The lowest BCUT2D eigenvalue weighted by atomic mass is 10.1. The molecule has 0 saturated heterocycles. The Balaban J connectivity index is 1.80. The molecule has 28 heavy (non-hydrogen) atoms. The molecular weight excluding hydrogens is 369 g/mol. The summed E-state index contributed by atoms with van der Waals surface area (Å²) in [6, 6.07) is 14.7. The summed E-state index contributed by atoms with van der Waals surface area (Å²) in [5.41, 5.74) is 0.799. The number of hydrogen-bond acceptors (Lipinski definition) is 2. The summed E-state index contributed by atoms with van der Waals surface area (Å²) in [5, 5.41) is 2.66. The van der Waals surface area contributed by atoms with Gasteiger partial charge in [0.25, 0.3) is 11.5 Å². The number of alkyl halides is 3. The molecule has 3 aromatic rings. The van der Waals surface area contributed by atoms with Gasteiger partial charge in [-0.2, -0.15) is 13.2 Å². The molecule has 144 valence electrons. The smallest absolute Gasteiger partial charge is 0.322 e. The van der Waals surface area contributed by atoms with Crippen LogP contribution >= 0.6 is 0 Å². The van der Waals surface area contributed by atoms with Crippen molar-refractivity contribution < 1.29 is 18.0 Å². The summed E-state index contributed by atoms with van der Waals surface area (Å²) in [7, 11) is 0. The van der Waals surface area contributed by atoms with Gasteiger partial charge in [0, 0.05) is 11.9 Å². The molecule has 0 fully saturated rings. The first-order valence-electron chi connectivity index (χ1n) is 8.47. The predicted molar refractivity (Wildman–Crippen MR) is 100 cm³/mol.